The smallest absolute Gasteiger partial charge is 0.191 e. The van der Waals surface area contributed by atoms with E-state index in [1.807, 2.05) is 17.6 Å². The molecule has 0 spiro atoms. The summed E-state index contributed by atoms with van der Waals surface area (Å²) in [4.78, 5) is 6.66. The quantitative estimate of drug-likeness (QED) is 0.126. The summed E-state index contributed by atoms with van der Waals surface area (Å²) in [6.07, 6.45) is 1.86. The molecule has 0 N–H and O–H groups in total. The maximum atomic E-state index is 6.77. The Labute approximate surface area is 317 Å². The van der Waals surface area contributed by atoms with E-state index in [0.29, 0.717) is 119 Å². The van der Waals surface area contributed by atoms with Gasteiger partial charge in [-0.3, -0.25) is 4.98 Å². The van der Waals surface area contributed by atoms with Crippen LogP contribution in [0.25, 0.3) is 21.0 Å². The molecule has 0 atom stereocenters. The number of hydrogen-bond donors (Lipinski definition) is 0. The number of nitrogens with zero attached hydrogens (tertiary/aromatic N) is 1. The standard InChI is InChI=1S/C39H56ClNO8S2/c1-25(2)12-42-17-38(18-43-13-26(3)4)21-46-31-16-50-35(32(31)47-22-38)29-9-10-30(41-11-29)36-33-34(37(40)51-36)49-24-39(23-48-33,19-44-14-27(5)6)20-45-15-28(7)8/h9-11,16,25-28H,12-15,17-24H2,1-8H3. The zero-order valence-electron chi connectivity index (χ0n) is 31.5. The van der Waals surface area contributed by atoms with Gasteiger partial charge in [0.2, 0.25) is 0 Å². The lowest BCUT2D eigenvalue weighted by Crippen LogP contribution is -2.43. The minimum absolute atomic E-state index is 0.374. The summed E-state index contributed by atoms with van der Waals surface area (Å²) in [5.41, 5.74) is 0.786. The molecule has 0 radical (unpaired) electrons. The third-order valence-electron chi connectivity index (χ3n) is 8.29. The maximum Gasteiger partial charge on any atom is 0.191 e. The van der Waals surface area contributed by atoms with Gasteiger partial charge in [0.1, 0.15) is 35.6 Å². The molecule has 0 aromatic carbocycles. The van der Waals surface area contributed by atoms with Crippen molar-refractivity contribution < 1.29 is 37.9 Å². The lowest BCUT2D eigenvalue weighted by molar-refractivity contribution is -0.0674. The first-order valence-electron chi connectivity index (χ1n) is 18.1. The molecule has 5 rings (SSSR count). The number of rotatable bonds is 18. The summed E-state index contributed by atoms with van der Waals surface area (Å²) >= 11 is 9.76. The van der Waals surface area contributed by atoms with Crippen LogP contribution >= 0.6 is 34.3 Å². The number of halogens is 1. The van der Waals surface area contributed by atoms with Crippen molar-refractivity contribution in [3.63, 3.8) is 0 Å². The number of thiophene rings is 2. The normalized spacial score (nSPS) is 16.6. The van der Waals surface area contributed by atoms with Crippen molar-refractivity contribution in [2.75, 3.05) is 79.3 Å². The van der Waals surface area contributed by atoms with Crippen LogP contribution in [0.15, 0.2) is 23.7 Å². The van der Waals surface area contributed by atoms with Crippen molar-refractivity contribution in [1.82, 2.24) is 4.98 Å². The highest BCUT2D eigenvalue weighted by molar-refractivity contribution is 7.20. The molecule has 2 aliphatic rings. The van der Waals surface area contributed by atoms with Crippen LogP contribution in [-0.4, -0.2) is 84.3 Å². The van der Waals surface area contributed by atoms with Crippen molar-refractivity contribution in [2.24, 2.45) is 34.5 Å². The maximum absolute atomic E-state index is 6.77. The van der Waals surface area contributed by atoms with Crippen LogP contribution in [0.1, 0.15) is 55.4 Å². The monoisotopic (exact) mass is 765 g/mol. The molecule has 9 nitrogen and oxygen atoms in total. The number of fused-ring (bicyclic) bond motifs is 2. The van der Waals surface area contributed by atoms with Crippen LogP contribution < -0.4 is 18.9 Å². The van der Waals surface area contributed by atoms with Crippen LogP contribution in [-0.2, 0) is 18.9 Å². The first-order chi connectivity index (χ1) is 24.4. The minimum Gasteiger partial charge on any atom is -0.488 e. The number of hydrogen-bond acceptors (Lipinski definition) is 11. The second-order valence-electron chi connectivity index (χ2n) is 15.8. The molecule has 0 aliphatic carbocycles. The Morgan fingerprint density at radius 2 is 1.12 bits per heavy atom. The molecule has 51 heavy (non-hydrogen) atoms. The average Bonchev–Trinajstić information content (AvgIpc) is 3.49. The summed E-state index contributed by atoms with van der Waals surface area (Å²) in [6, 6.07) is 4.04. The zero-order chi connectivity index (χ0) is 36.6. The zero-order valence-corrected chi connectivity index (χ0v) is 33.9. The predicted octanol–water partition coefficient (Wildman–Crippen LogP) is 9.40. The highest BCUT2D eigenvalue weighted by atomic mass is 35.5. The SMILES string of the molecule is CC(C)COCC1(COCC(C)C)COc2csc(-c3ccc(-c4sc(Cl)c5c4OCC(COCC(C)C)(COCC(C)C)CO5)nc3)c2OC1. The lowest BCUT2D eigenvalue weighted by atomic mass is 9.92. The van der Waals surface area contributed by atoms with Gasteiger partial charge in [0, 0.05) is 43.6 Å². The summed E-state index contributed by atoms with van der Waals surface area (Å²) < 4.78 is 50.8. The van der Waals surface area contributed by atoms with E-state index in [0.717, 1.165) is 32.5 Å². The first kappa shape index (κ1) is 40.1. The first-order valence-corrected chi connectivity index (χ1v) is 20.2. The van der Waals surface area contributed by atoms with Crippen LogP contribution in [0.2, 0.25) is 4.34 Å². The highest BCUT2D eigenvalue weighted by Gasteiger charge is 2.40. The van der Waals surface area contributed by atoms with E-state index in [1.54, 1.807) is 11.3 Å². The van der Waals surface area contributed by atoms with Gasteiger partial charge >= 0.3 is 0 Å². The van der Waals surface area contributed by atoms with Crippen molar-refractivity contribution in [3.05, 3.63) is 28.0 Å². The van der Waals surface area contributed by atoms with Crippen LogP contribution in [0.4, 0.5) is 0 Å². The number of aromatic nitrogens is 1. The molecule has 12 heteroatoms. The third kappa shape index (κ3) is 10.7. The molecule has 0 amide bonds. The van der Waals surface area contributed by atoms with Crippen molar-refractivity contribution in [2.45, 2.75) is 55.4 Å². The summed E-state index contributed by atoms with van der Waals surface area (Å²) in [5, 5.41) is 2.00. The molecular formula is C39H56ClNO8S2. The lowest BCUT2D eigenvalue weighted by Gasteiger charge is -2.31. The Morgan fingerprint density at radius 1 is 0.647 bits per heavy atom. The van der Waals surface area contributed by atoms with Crippen LogP contribution in [0.5, 0.6) is 23.0 Å². The Balaban J connectivity index is 1.31. The van der Waals surface area contributed by atoms with E-state index in [2.05, 4.69) is 61.5 Å². The minimum atomic E-state index is -0.476. The van der Waals surface area contributed by atoms with E-state index in [1.165, 1.54) is 11.3 Å². The van der Waals surface area contributed by atoms with E-state index in [4.69, 9.17) is 54.5 Å². The largest absolute Gasteiger partial charge is 0.488 e. The molecule has 2 aliphatic heterocycles. The fraction of sp³-hybridized carbons (Fsp3) is 0.667. The summed E-state index contributed by atoms with van der Waals surface area (Å²) in [5.74, 6) is 4.32. The van der Waals surface area contributed by atoms with Crippen LogP contribution in [0.3, 0.4) is 0 Å². The molecule has 0 unspecified atom stereocenters. The van der Waals surface area contributed by atoms with Crippen molar-refractivity contribution >= 4 is 34.3 Å². The van der Waals surface area contributed by atoms with Gasteiger partial charge in [0.25, 0.3) is 0 Å². The average molecular weight is 766 g/mol. The molecule has 0 saturated heterocycles. The molecule has 284 valence electrons. The number of ether oxygens (including phenoxy) is 8. The summed E-state index contributed by atoms with van der Waals surface area (Å²) in [6.45, 7) is 23.4. The number of pyridine rings is 1. The Bertz CT molecular complexity index is 1490. The van der Waals surface area contributed by atoms with Gasteiger partial charge in [-0.15, -0.1) is 22.7 Å². The fourth-order valence-electron chi connectivity index (χ4n) is 5.68. The Hall–Kier alpha value is -2.12. The fourth-order valence-corrected chi connectivity index (χ4v) is 7.87. The molecule has 0 saturated carbocycles. The van der Waals surface area contributed by atoms with E-state index < -0.39 is 10.8 Å². The second-order valence-corrected chi connectivity index (χ2v) is 18.3. The summed E-state index contributed by atoms with van der Waals surface area (Å²) in [7, 11) is 0. The van der Waals surface area contributed by atoms with Gasteiger partial charge in [-0.2, -0.15) is 0 Å². The third-order valence-corrected chi connectivity index (χ3v) is 10.6. The molecule has 3 aromatic rings. The molecule has 0 fully saturated rings. The molecule has 3 aromatic heterocycles. The van der Waals surface area contributed by atoms with Gasteiger partial charge in [-0.05, 0) is 35.8 Å². The van der Waals surface area contributed by atoms with Gasteiger partial charge in [0.05, 0.1) is 47.8 Å². The van der Waals surface area contributed by atoms with Gasteiger partial charge in [-0.25, -0.2) is 0 Å². The molecule has 5 heterocycles. The predicted molar refractivity (Wildman–Crippen MR) is 205 cm³/mol. The Morgan fingerprint density at radius 3 is 1.59 bits per heavy atom. The molecule has 0 bridgehead atoms. The molecular weight excluding hydrogens is 710 g/mol. The van der Waals surface area contributed by atoms with E-state index >= 15 is 0 Å². The van der Waals surface area contributed by atoms with Gasteiger partial charge in [0.15, 0.2) is 23.0 Å². The highest BCUT2D eigenvalue weighted by Crippen LogP contribution is 2.53. The second kappa shape index (κ2) is 18.3. The van der Waals surface area contributed by atoms with Gasteiger partial charge < -0.3 is 37.9 Å². The van der Waals surface area contributed by atoms with Crippen LogP contribution in [0, 0.1) is 34.5 Å². The van der Waals surface area contributed by atoms with Crippen molar-refractivity contribution in [1.29, 1.82) is 0 Å². The van der Waals surface area contributed by atoms with E-state index in [-0.39, 0.29) is 0 Å². The Kier molecular flexibility index (Phi) is 14.4. The van der Waals surface area contributed by atoms with E-state index in [9.17, 15) is 0 Å². The topological polar surface area (TPSA) is 86.7 Å². The van der Waals surface area contributed by atoms with Gasteiger partial charge in [-0.1, -0.05) is 67.0 Å². The van der Waals surface area contributed by atoms with Crippen molar-refractivity contribution in [3.8, 4) is 44.0 Å².